The molecule has 1 atom stereocenters. The Labute approximate surface area is 108 Å². The molecule has 0 aliphatic carbocycles. The zero-order valence-corrected chi connectivity index (χ0v) is 10.9. The van der Waals surface area contributed by atoms with Gasteiger partial charge in [0, 0.05) is 25.4 Å². The van der Waals surface area contributed by atoms with Crippen LogP contribution < -0.4 is 5.32 Å². The van der Waals surface area contributed by atoms with E-state index in [0.717, 1.165) is 5.56 Å². The van der Waals surface area contributed by atoms with Crippen molar-refractivity contribution in [3.63, 3.8) is 0 Å². The lowest BCUT2D eigenvalue weighted by Crippen LogP contribution is -2.27. The average Bonchev–Trinajstić information content (AvgIpc) is 2.38. The Bertz CT molecular complexity index is 409. The number of aromatic nitrogens is 1. The maximum Gasteiger partial charge on any atom is 0.220 e. The molecule has 0 spiro atoms. The standard InChI is InChI=1S/C14H19N3O/c1-11(2)9-17-14(18)6-5-12(8-15)13-4-3-7-16-10-13/h3-4,7,10-12H,5-6,9H2,1-2H3,(H,17,18). The lowest BCUT2D eigenvalue weighted by Gasteiger charge is -2.10. The van der Waals surface area contributed by atoms with Crippen molar-refractivity contribution in [2.75, 3.05) is 6.54 Å². The largest absolute Gasteiger partial charge is 0.356 e. The number of hydrogen-bond acceptors (Lipinski definition) is 3. The molecule has 1 rings (SSSR count). The van der Waals surface area contributed by atoms with Gasteiger partial charge in [-0.05, 0) is 24.0 Å². The highest BCUT2D eigenvalue weighted by atomic mass is 16.1. The van der Waals surface area contributed by atoms with Gasteiger partial charge in [0.25, 0.3) is 0 Å². The minimum absolute atomic E-state index is 0.00726. The Balaban J connectivity index is 2.42. The molecule has 0 saturated heterocycles. The van der Waals surface area contributed by atoms with E-state index >= 15 is 0 Å². The molecular weight excluding hydrogens is 226 g/mol. The second kappa shape index (κ2) is 7.44. The van der Waals surface area contributed by atoms with Gasteiger partial charge in [0.1, 0.15) is 0 Å². The summed E-state index contributed by atoms with van der Waals surface area (Å²) in [5, 5.41) is 12.0. The molecule has 0 saturated carbocycles. The first kappa shape index (κ1) is 14.2. The first-order valence-corrected chi connectivity index (χ1v) is 6.19. The smallest absolute Gasteiger partial charge is 0.220 e. The van der Waals surface area contributed by atoms with Crippen LogP contribution in [0.4, 0.5) is 0 Å². The third kappa shape index (κ3) is 4.96. The van der Waals surface area contributed by atoms with Gasteiger partial charge in [-0.15, -0.1) is 0 Å². The lowest BCUT2D eigenvalue weighted by molar-refractivity contribution is -0.121. The molecule has 0 radical (unpaired) electrons. The van der Waals surface area contributed by atoms with Crippen molar-refractivity contribution < 1.29 is 4.79 Å². The number of pyridine rings is 1. The highest BCUT2D eigenvalue weighted by Gasteiger charge is 2.12. The van der Waals surface area contributed by atoms with E-state index in [1.807, 2.05) is 19.9 Å². The fraction of sp³-hybridized carbons (Fsp3) is 0.500. The number of nitrogens with zero attached hydrogens (tertiary/aromatic N) is 2. The molecule has 96 valence electrons. The molecule has 4 heteroatoms. The van der Waals surface area contributed by atoms with Crippen LogP contribution in [0.25, 0.3) is 0 Å². The molecule has 0 aliphatic rings. The van der Waals surface area contributed by atoms with Crippen LogP contribution in [0, 0.1) is 17.2 Å². The maximum atomic E-state index is 11.6. The topological polar surface area (TPSA) is 65.8 Å². The fourth-order valence-electron chi connectivity index (χ4n) is 1.57. The Morgan fingerprint density at radius 3 is 2.89 bits per heavy atom. The van der Waals surface area contributed by atoms with Crippen LogP contribution in [0.5, 0.6) is 0 Å². The van der Waals surface area contributed by atoms with E-state index in [-0.39, 0.29) is 11.8 Å². The van der Waals surface area contributed by atoms with E-state index in [1.54, 1.807) is 18.5 Å². The highest BCUT2D eigenvalue weighted by molar-refractivity contribution is 5.75. The molecule has 1 heterocycles. The second-order valence-electron chi connectivity index (χ2n) is 4.70. The molecule has 4 nitrogen and oxygen atoms in total. The van der Waals surface area contributed by atoms with Gasteiger partial charge in [0.05, 0.1) is 12.0 Å². The van der Waals surface area contributed by atoms with Crippen LogP contribution in [0.2, 0.25) is 0 Å². The molecule has 1 unspecified atom stereocenters. The van der Waals surface area contributed by atoms with Crippen molar-refractivity contribution in [3.8, 4) is 6.07 Å². The van der Waals surface area contributed by atoms with Gasteiger partial charge in [0.2, 0.25) is 5.91 Å². The monoisotopic (exact) mass is 245 g/mol. The Morgan fingerprint density at radius 1 is 1.56 bits per heavy atom. The van der Waals surface area contributed by atoms with Crippen molar-refractivity contribution in [2.24, 2.45) is 5.92 Å². The third-order valence-electron chi connectivity index (χ3n) is 2.61. The summed E-state index contributed by atoms with van der Waals surface area (Å²) in [6.45, 7) is 4.78. The van der Waals surface area contributed by atoms with Gasteiger partial charge in [-0.2, -0.15) is 5.26 Å². The molecular formula is C14H19N3O. The van der Waals surface area contributed by atoms with E-state index < -0.39 is 0 Å². The predicted octanol–water partition coefficient (Wildman–Crippen LogP) is 2.24. The summed E-state index contributed by atoms with van der Waals surface area (Å²) < 4.78 is 0. The molecule has 1 N–H and O–H groups in total. The van der Waals surface area contributed by atoms with Crippen LogP contribution >= 0.6 is 0 Å². The second-order valence-corrected chi connectivity index (χ2v) is 4.70. The van der Waals surface area contributed by atoms with E-state index in [2.05, 4.69) is 16.4 Å². The number of amides is 1. The SMILES string of the molecule is CC(C)CNC(=O)CCC(C#N)c1cccnc1. The van der Waals surface area contributed by atoms with Crippen molar-refractivity contribution >= 4 is 5.91 Å². The van der Waals surface area contributed by atoms with E-state index in [0.29, 0.717) is 25.3 Å². The molecule has 0 aliphatic heterocycles. The first-order valence-electron chi connectivity index (χ1n) is 6.19. The zero-order valence-electron chi connectivity index (χ0n) is 10.9. The third-order valence-corrected chi connectivity index (χ3v) is 2.61. The van der Waals surface area contributed by atoms with Crippen LogP contribution in [0.15, 0.2) is 24.5 Å². The summed E-state index contributed by atoms with van der Waals surface area (Å²) in [5.74, 6) is 0.190. The number of carbonyl (C=O) groups is 1. The lowest BCUT2D eigenvalue weighted by atomic mass is 9.97. The summed E-state index contributed by atoms with van der Waals surface area (Å²) in [7, 11) is 0. The zero-order chi connectivity index (χ0) is 13.4. The molecule has 1 aromatic heterocycles. The van der Waals surface area contributed by atoms with Gasteiger partial charge in [-0.25, -0.2) is 0 Å². The van der Waals surface area contributed by atoms with Crippen molar-refractivity contribution in [1.29, 1.82) is 5.26 Å². The number of nitriles is 1. The number of carbonyl (C=O) groups excluding carboxylic acids is 1. The number of nitrogens with one attached hydrogen (secondary N) is 1. The summed E-state index contributed by atoms with van der Waals surface area (Å²) >= 11 is 0. The van der Waals surface area contributed by atoms with E-state index in [9.17, 15) is 4.79 Å². The Hall–Kier alpha value is -1.89. The van der Waals surface area contributed by atoms with Gasteiger partial charge < -0.3 is 5.32 Å². The molecule has 1 aromatic rings. The fourth-order valence-corrected chi connectivity index (χ4v) is 1.57. The van der Waals surface area contributed by atoms with Crippen LogP contribution in [-0.2, 0) is 4.79 Å². The summed E-state index contributed by atoms with van der Waals surface area (Å²) in [5.41, 5.74) is 0.872. The molecule has 0 bridgehead atoms. The summed E-state index contributed by atoms with van der Waals surface area (Å²) in [6, 6.07) is 5.89. The van der Waals surface area contributed by atoms with Crippen LogP contribution in [0.1, 0.15) is 38.2 Å². The normalized spacial score (nSPS) is 11.9. The number of rotatable bonds is 6. The summed E-state index contributed by atoms with van der Waals surface area (Å²) in [6.07, 6.45) is 4.26. The molecule has 0 aromatic carbocycles. The van der Waals surface area contributed by atoms with Gasteiger partial charge >= 0.3 is 0 Å². The minimum Gasteiger partial charge on any atom is -0.356 e. The van der Waals surface area contributed by atoms with Gasteiger partial charge in [0.15, 0.2) is 0 Å². The van der Waals surface area contributed by atoms with Gasteiger partial charge in [-0.1, -0.05) is 19.9 Å². The Morgan fingerprint density at radius 2 is 2.33 bits per heavy atom. The predicted molar refractivity (Wildman–Crippen MR) is 69.7 cm³/mol. The molecule has 1 amide bonds. The average molecular weight is 245 g/mol. The molecule has 18 heavy (non-hydrogen) atoms. The highest BCUT2D eigenvalue weighted by Crippen LogP contribution is 2.19. The number of hydrogen-bond donors (Lipinski definition) is 1. The van der Waals surface area contributed by atoms with Crippen LogP contribution in [0.3, 0.4) is 0 Å². The van der Waals surface area contributed by atoms with Gasteiger partial charge in [-0.3, -0.25) is 9.78 Å². The van der Waals surface area contributed by atoms with Crippen molar-refractivity contribution in [3.05, 3.63) is 30.1 Å². The van der Waals surface area contributed by atoms with E-state index in [4.69, 9.17) is 5.26 Å². The molecule has 0 fully saturated rings. The minimum atomic E-state index is -0.261. The van der Waals surface area contributed by atoms with E-state index in [1.165, 1.54) is 0 Å². The maximum absolute atomic E-state index is 11.6. The summed E-state index contributed by atoms with van der Waals surface area (Å²) in [4.78, 5) is 15.6. The van der Waals surface area contributed by atoms with Crippen LogP contribution in [-0.4, -0.2) is 17.4 Å². The quantitative estimate of drug-likeness (QED) is 0.835. The first-order chi connectivity index (χ1) is 8.63. The Kier molecular flexibility index (Phi) is 5.86. The van der Waals surface area contributed by atoms with Crippen molar-refractivity contribution in [2.45, 2.75) is 32.6 Å². The van der Waals surface area contributed by atoms with Crippen molar-refractivity contribution in [1.82, 2.24) is 10.3 Å².